The molecule has 1 aromatic carbocycles. The van der Waals surface area contributed by atoms with Crippen LogP contribution in [0.1, 0.15) is 31.4 Å². The van der Waals surface area contributed by atoms with E-state index in [9.17, 15) is 9.59 Å². The van der Waals surface area contributed by atoms with E-state index in [2.05, 4.69) is 0 Å². The number of hydrogen-bond acceptors (Lipinski definition) is 4. The van der Waals surface area contributed by atoms with Crippen LogP contribution in [-0.4, -0.2) is 53.3 Å². The SMILES string of the molecule is CCN(CC)C(=O)[C@@H]1C[C@@H](N)CN1C(=O)Cc1coc2cc(C)ccc12. The van der Waals surface area contributed by atoms with E-state index in [0.717, 1.165) is 22.1 Å². The van der Waals surface area contributed by atoms with Gasteiger partial charge in [-0.1, -0.05) is 12.1 Å². The number of carbonyl (C=O) groups excluding carboxylic acids is 2. The van der Waals surface area contributed by atoms with Crippen molar-refractivity contribution in [2.45, 2.75) is 45.7 Å². The first-order chi connectivity index (χ1) is 12.4. The summed E-state index contributed by atoms with van der Waals surface area (Å²) in [4.78, 5) is 29.1. The molecule has 140 valence electrons. The Morgan fingerprint density at radius 1 is 1.31 bits per heavy atom. The zero-order valence-corrected chi connectivity index (χ0v) is 15.7. The van der Waals surface area contributed by atoms with Crippen LogP contribution in [0.15, 0.2) is 28.9 Å². The number of hydrogen-bond donors (Lipinski definition) is 1. The Hall–Kier alpha value is -2.34. The Morgan fingerprint density at radius 2 is 2.04 bits per heavy atom. The molecule has 1 aliphatic rings. The van der Waals surface area contributed by atoms with E-state index in [0.29, 0.717) is 26.1 Å². The zero-order chi connectivity index (χ0) is 18.8. The first kappa shape index (κ1) is 18.5. The van der Waals surface area contributed by atoms with Gasteiger partial charge in [-0.15, -0.1) is 0 Å². The van der Waals surface area contributed by atoms with Crippen molar-refractivity contribution in [1.29, 1.82) is 0 Å². The Bertz CT molecular complexity index is 810. The van der Waals surface area contributed by atoms with Crippen LogP contribution in [0.25, 0.3) is 11.0 Å². The lowest BCUT2D eigenvalue weighted by molar-refractivity contribution is -0.143. The van der Waals surface area contributed by atoms with Gasteiger partial charge >= 0.3 is 0 Å². The average Bonchev–Trinajstić information content (AvgIpc) is 3.19. The maximum Gasteiger partial charge on any atom is 0.245 e. The molecule has 0 spiro atoms. The second kappa shape index (κ2) is 7.50. The maximum atomic E-state index is 12.9. The summed E-state index contributed by atoms with van der Waals surface area (Å²) in [6.45, 7) is 7.58. The summed E-state index contributed by atoms with van der Waals surface area (Å²) in [6.07, 6.45) is 2.37. The lowest BCUT2D eigenvalue weighted by Gasteiger charge is -2.28. The summed E-state index contributed by atoms with van der Waals surface area (Å²) in [6, 6.07) is 5.32. The first-order valence-electron chi connectivity index (χ1n) is 9.25. The Morgan fingerprint density at radius 3 is 2.73 bits per heavy atom. The van der Waals surface area contributed by atoms with Crippen LogP contribution in [-0.2, 0) is 16.0 Å². The maximum absolute atomic E-state index is 12.9. The third kappa shape index (κ3) is 3.46. The molecular weight excluding hydrogens is 330 g/mol. The highest BCUT2D eigenvalue weighted by Gasteiger charge is 2.39. The van der Waals surface area contributed by atoms with Gasteiger partial charge in [0.15, 0.2) is 0 Å². The smallest absolute Gasteiger partial charge is 0.245 e. The predicted octanol–water partition coefficient (Wildman–Crippen LogP) is 2.08. The molecule has 3 rings (SSSR count). The van der Waals surface area contributed by atoms with Crippen LogP contribution in [0.3, 0.4) is 0 Å². The van der Waals surface area contributed by atoms with Crippen molar-refractivity contribution in [3.63, 3.8) is 0 Å². The van der Waals surface area contributed by atoms with Gasteiger partial charge in [-0.3, -0.25) is 9.59 Å². The van der Waals surface area contributed by atoms with Gasteiger partial charge in [-0.05, 0) is 38.8 Å². The normalized spacial score (nSPS) is 19.9. The molecule has 0 radical (unpaired) electrons. The molecule has 0 aliphatic carbocycles. The largest absolute Gasteiger partial charge is 0.464 e. The fourth-order valence-electron chi connectivity index (χ4n) is 3.72. The van der Waals surface area contributed by atoms with Gasteiger partial charge in [0.05, 0.1) is 12.7 Å². The summed E-state index contributed by atoms with van der Waals surface area (Å²) >= 11 is 0. The molecule has 1 aliphatic heterocycles. The molecule has 1 saturated heterocycles. The number of aryl methyl sites for hydroxylation is 1. The topological polar surface area (TPSA) is 79.8 Å². The highest BCUT2D eigenvalue weighted by Crippen LogP contribution is 2.25. The zero-order valence-electron chi connectivity index (χ0n) is 15.7. The number of likely N-dealkylation sites (tertiary alicyclic amines) is 1. The molecule has 2 N–H and O–H groups in total. The van der Waals surface area contributed by atoms with Gasteiger partial charge < -0.3 is 20.0 Å². The highest BCUT2D eigenvalue weighted by atomic mass is 16.3. The van der Waals surface area contributed by atoms with Crippen molar-refractivity contribution in [3.05, 3.63) is 35.6 Å². The minimum absolute atomic E-state index is 0.0102. The van der Waals surface area contributed by atoms with Crippen molar-refractivity contribution >= 4 is 22.8 Å². The van der Waals surface area contributed by atoms with Gasteiger partial charge in [0.2, 0.25) is 11.8 Å². The summed E-state index contributed by atoms with van der Waals surface area (Å²) in [5.41, 5.74) is 8.81. The van der Waals surface area contributed by atoms with Crippen molar-refractivity contribution in [2.24, 2.45) is 5.73 Å². The van der Waals surface area contributed by atoms with Crippen LogP contribution in [0, 0.1) is 6.92 Å². The van der Waals surface area contributed by atoms with Crippen molar-refractivity contribution in [2.75, 3.05) is 19.6 Å². The number of rotatable bonds is 5. The number of likely N-dealkylation sites (N-methyl/N-ethyl adjacent to an activating group) is 1. The molecule has 6 heteroatoms. The van der Waals surface area contributed by atoms with E-state index in [4.69, 9.17) is 10.2 Å². The molecule has 0 bridgehead atoms. The molecule has 2 heterocycles. The van der Waals surface area contributed by atoms with Crippen LogP contribution in [0.2, 0.25) is 0 Å². The van der Waals surface area contributed by atoms with Crippen molar-refractivity contribution in [3.8, 4) is 0 Å². The Balaban J connectivity index is 1.79. The molecule has 1 fully saturated rings. The van der Waals surface area contributed by atoms with Gasteiger partial charge in [0.1, 0.15) is 11.6 Å². The lowest BCUT2D eigenvalue weighted by Crippen LogP contribution is -2.48. The minimum Gasteiger partial charge on any atom is -0.464 e. The van der Waals surface area contributed by atoms with Gasteiger partial charge in [0, 0.05) is 36.6 Å². The Labute approximate surface area is 153 Å². The highest BCUT2D eigenvalue weighted by molar-refractivity contribution is 5.92. The monoisotopic (exact) mass is 357 g/mol. The molecule has 0 saturated carbocycles. The summed E-state index contributed by atoms with van der Waals surface area (Å²) in [5.74, 6) is -0.0873. The van der Waals surface area contributed by atoms with Crippen molar-refractivity contribution in [1.82, 2.24) is 9.80 Å². The molecule has 0 unspecified atom stereocenters. The summed E-state index contributed by atoms with van der Waals surface area (Å²) < 4.78 is 5.59. The third-order valence-electron chi connectivity index (χ3n) is 5.17. The quantitative estimate of drug-likeness (QED) is 0.888. The molecule has 2 amide bonds. The van der Waals surface area contributed by atoms with Gasteiger partial charge in [-0.25, -0.2) is 0 Å². The van der Waals surface area contributed by atoms with E-state index in [1.165, 1.54) is 0 Å². The fourth-order valence-corrected chi connectivity index (χ4v) is 3.72. The fraction of sp³-hybridized carbons (Fsp3) is 0.500. The molecule has 2 aromatic rings. The van der Waals surface area contributed by atoms with Crippen LogP contribution < -0.4 is 5.73 Å². The van der Waals surface area contributed by atoms with Crippen LogP contribution in [0.4, 0.5) is 0 Å². The number of nitrogens with zero attached hydrogens (tertiary/aromatic N) is 2. The van der Waals surface area contributed by atoms with E-state index in [1.54, 1.807) is 16.1 Å². The molecule has 6 nitrogen and oxygen atoms in total. The number of nitrogens with two attached hydrogens (primary N) is 1. The van der Waals surface area contributed by atoms with E-state index in [-0.39, 0.29) is 24.3 Å². The van der Waals surface area contributed by atoms with Crippen LogP contribution in [0.5, 0.6) is 0 Å². The summed E-state index contributed by atoms with van der Waals surface area (Å²) in [5, 5.41) is 0.944. The number of benzene rings is 1. The molecular formula is C20H27N3O3. The third-order valence-corrected chi connectivity index (χ3v) is 5.17. The second-order valence-corrected chi connectivity index (χ2v) is 7.01. The molecule has 1 aromatic heterocycles. The van der Waals surface area contributed by atoms with E-state index in [1.807, 2.05) is 39.0 Å². The Kier molecular flexibility index (Phi) is 5.32. The minimum atomic E-state index is -0.460. The lowest BCUT2D eigenvalue weighted by atomic mass is 10.1. The number of amides is 2. The number of carbonyl (C=O) groups is 2. The molecule has 2 atom stereocenters. The predicted molar refractivity (Wildman–Crippen MR) is 101 cm³/mol. The second-order valence-electron chi connectivity index (χ2n) is 7.01. The van der Waals surface area contributed by atoms with Crippen LogP contribution >= 0.6 is 0 Å². The van der Waals surface area contributed by atoms with E-state index < -0.39 is 6.04 Å². The first-order valence-corrected chi connectivity index (χ1v) is 9.25. The number of furan rings is 1. The van der Waals surface area contributed by atoms with Gasteiger partial charge in [-0.2, -0.15) is 0 Å². The molecule has 26 heavy (non-hydrogen) atoms. The summed E-state index contributed by atoms with van der Waals surface area (Å²) in [7, 11) is 0. The number of fused-ring (bicyclic) bond motifs is 1. The van der Waals surface area contributed by atoms with Crippen molar-refractivity contribution < 1.29 is 14.0 Å². The van der Waals surface area contributed by atoms with Gasteiger partial charge in [0.25, 0.3) is 0 Å². The average molecular weight is 357 g/mol. The van der Waals surface area contributed by atoms with E-state index >= 15 is 0 Å². The standard InChI is InChI=1S/C20H27N3O3/c1-4-22(5-2)20(25)17-10-15(21)11-23(17)19(24)9-14-12-26-18-8-13(3)6-7-16(14)18/h6-8,12,15,17H,4-5,9-11,21H2,1-3H3/t15-,17+/m1/s1.